The Morgan fingerprint density at radius 3 is 2.95 bits per heavy atom. The molecule has 5 nitrogen and oxygen atoms in total. The van der Waals surface area contributed by atoms with Gasteiger partial charge in [0.05, 0.1) is 5.52 Å². The van der Waals surface area contributed by atoms with E-state index >= 15 is 0 Å². The number of nitrogen functional groups attached to an aromatic ring is 1. The Morgan fingerprint density at radius 1 is 1.26 bits per heavy atom. The fraction of sp³-hybridized carbons (Fsp3) is 0.143. The van der Waals surface area contributed by atoms with Crippen LogP contribution in [0.2, 0.25) is 0 Å². The summed E-state index contributed by atoms with van der Waals surface area (Å²) in [4.78, 5) is 0. The molecule has 0 bridgehead atoms. The number of ether oxygens (including phenoxy) is 1. The summed E-state index contributed by atoms with van der Waals surface area (Å²) in [5.74, 6) is 1.23. The first-order valence-corrected chi connectivity index (χ1v) is 5.74. The van der Waals surface area contributed by atoms with Crippen LogP contribution < -0.4 is 10.5 Å². The molecule has 0 aliphatic rings. The predicted molar refractivity (Wildman–Crippen MR) is 74.2 cm³/mol. The van der Waals surface area contributed by atoms with Crippen molar-refractivity contribution in [3.8, 4) is 11.5 Å². The largest absolute Gasteiger partial charge is 0.457 e. The van der Waals surface area contributed by atoms with Crippen LogP contribution in [0.1, 0.15) is 9.68 Å². The van der Waals surface area contributed by atoms with Gasteiger partial charge in [0.15, 0.2) is 0 Å². The average molecular weight is 257 g/mol. The fourth-order valence-corrected chi connectivity index (χ4v) is 1.88. The standard InChI is InChI=1S/C14H14N4O/c1-9-7-10(15)3-6-14(9)19-11-4-5-13-12(8-11)16-17-18(13)2/h3-8H,15H2,1-2H3/i2D3. The summed E-state index contributed by atoms with van der Waals surface area (Å²) in [5, 5.41) is 7.55. The summed E-state index contributed by atoms with van der Waals surface area (Å²) < 4.78 is 28.9. The Labute approximate surface area is 114 Å². The highest BCUT2D eigenvalue weighted by Gasteiger charge is 2.06. The first kappa shape index (κ1) is 8.53. The highest BCUT2D eigenvalue weighted by Crippen LogP contribution is 2.28. The van der Waals surface area contributed by atoms with E-state index in [2.05, 4.69) is 10.3 Å². The van der Waals surface area contributed by atoms with Gasteiger partial charge in [0.2, 0.25) is 0 Å². The molecule has 19 heavy (non-hydrogen) atoms. The third-order valence-corrected chi connectivity index (χ3v) is 2.84. The van der Waals surface area contributed by atoms with Gasteiger partial charge < -0.3 is 10.5 Å². The number of rotatable bonds is 2. The molecular weight excluding hydrogens is 240 g/mol. The summed E-state index contributed by atoms with van der Waals surface area (Å²) in [7, 11) is 0. The zero-order chi connectivity index (χ0) is 15.9. The molecule has 2 N–H and O–H groups in total. The molecule has 0 spiro atoms. The summed E-state index contributed by atoms with van der Waals surface area (Å²) >= 11 is 0. The predicted octanol–water partition coefficient (Wildman–Crippen LogP) is 2.65. The number of aryl methyl sites for hydroxylation is 2. The monoisotopic (exact) mass is 257 g/mol. The number of anilines is 1. The highest BCUT2D eigenvalue weighted by atomic mass is 16.5. The van der Waals surface area contributed by atoms with Crippen LogP contribution in [-0.4, -0.2) is 15.0 Å². The zero-order valence-corrected chi connectivity index (χ0v) is 10.3. The van der Waals surface area contributed by atoms with Gasteiger partial charge >= 0.3 is 0 Å². The van der Waals surface area contributed by atoms with Crippen molar-refractivity contribution < 1.29 is 8.85 Å². The lowest BCUT2D eigenvalue weighted by molar-refractivity contribution is 0.479. The normalized spacial score (nSPS) is 13.8. The zero-order valence-electron chi connectivity index (χ0n) is 13.3. The van der Waals surface area contributed by atoms with E-state index in [1.165, 1.54) is 0 Å². The van der Waals surface area contributed by atoms with Crippen LogP contribution in [0.15, 0.2) is 36.4 Å². The Bertz CT molecular complexity index is 842. The van der Waals surface area contributed by atoms with Gasteiger partial charge in [-0.15, -0.1) is 5.10 Å². The van der Waals surface area contributed by atoms with Crippen LogP contribution >= 0.6 is 0 Å². The molecule has 3 rings (SSSR count). The van der Waals surface area contributed by atoms with E-state index in [0.29, 0.717) is 28.2 Å². The molecule has 0 amide bonds. The molecule has 0 aliphatic heterocycles. The summed E-state index contributed by atoms with van der Waals surface area (Å²) in [6.07, 6.45) is 0. The Balaban J connectivity index is 1.96. The van der Waals surface area contributed by atoms with Gasteiger partial charge in [0.1, 0.15) is 17.0 Å². The van der Waals surface area contributed by atoms with Crippen molar-refractivity contribution in [3.63, 3.8) is 0 Å². The molecule has 1 heterocycles. The smallest absolute Gasteiger partial charge is 0.130 e. The molecular formula is C14H14N4O. The minimum Gasteiger partial charge on any atom is -0.457 e. The molecule has 0 atom stereocenters. The lowest BCUT2D eigenvalue weighted by atomic mass is 10.2. The maximum absolute atomic E-state index is 7.40. The van der Waals surface area contributed by atoms with Gasteiger partial charge in [0.25, 0.3) is 0 Å². The first-order valence-electron chi connectivity index (χ1n) is 7.24. The molecule has 2 aromatic carbocycles. The lowest BCUT2D eigenvalue weighted by Gasteiger charge is -2.09. The maximum atomic E-state index is 7.40. The van der Waals surface area contributed by atoms with E-state index in [0.717, 1.165) is 10.2 Å². The Morgan fingerprint density at radius 2 is 2.16 bits per heavy atom. The number of fused-ring (bicyclic) bond motifs is 1. The van der Waals surface area contributed by atoms with Gasteiger partial charge in [-0.25, -0.2) is 4.68 Å². The number of hydrogen-bond acceptors (Lipinski definition) is 4. The van der Waals surface area contributed by atoms with Gasteiger partial charge in [0, 0.05) is 22.8 Å². The Hall–Kier alpha value is -2.56. The van der Waals surface area contributed by atoms with Crippen LogP contribution in [0.5, 0.6) is 11.5 Å². The van der Waals surface area contributed by atoms with Crippen molar-refractivity contribution in [2.45, 2.75) is 6.92 Å². The van der Waals surface area contributed by atoms with Gasteiger partial charge in [-0.1, -0.05) is 5.21 Å². The van der Waals surface area contributed by atoms with Crippen molar-refractivity contribution >= 4 is 16.7 Å². The van der Waals surface area contributed by atoms with Crippen molar-refractivity contribution in [1.82, 2.24) is 15.0 Å². The lowest BCUT2D eigenvalue weighted by Crippen LogP contribution is -1.91. The molecule has 0 aliphatic carbocycles. The van der Waals surface area contributed by atoms with Crippen LogP contribution in [0.4, 0.5) is 5.69 Å². The fourth-order valence-electron chi connectivity index (χ4n) is 1.88. The summed E-state index contributed by atoms with van der Waals surface area (Å²) in [6, 6.07) is 10.3. The highest BCUT2D eigenvalue weighted by molar-refractivity contribution is 5.76. The molecule has 0 saturated heterocycles. The van der Waals surface area contributed by atoms with E-state index in [-0.39, 0.29) is 0 Å². The molecule has 0 radical (unpaired) electrons. The topological polar surface area (TPSA) is 66.0 Å². The first-order chi connectivity index (χ1) is 10.3. The molecule has 0 fully saturated rings. The molecule has 3 aromatic rings. The van der Waals surface area contributed by atoms with Crippen molar-refractivity contribution in [1.29, 1.82) is 0 Å². The third kappa shape index (κ3) is 2.10. The Kier molecular flexibility index (Phi) is 1.92. The molecule has 5 heteroatoms. The van der Waals surface area contributed by atoms with Crippen LogP contribution in [0, 0.1) is 6.92 Å². The van der Waals surface area contributed by atoms with E-state index in [1.807, 2.05) is 13.0 Å². The van der Waals surface area contributed by atoms with Crippen LogP contribution in [-0.2, 0) is 6.98 Å². The van der Waals surface area contributed by atoms with Gasteiger partial charge in [-0.05, 0) is 42.8 Å². The van der Waals surface area contributed by atoms with Crippen LogP contribution in [0.3, 0.4) is 0 Å². The second-order valence-electron chi connectivity index (χ2n) is 4.28. The molecule has 0 saturated carbocycles. The van der Waals surface area contributed by atoms with Gasteiger partial charge in [-0.2, -0.15) is 0 Å². The molecule has 96 valence electrons. The average Bonchev–Trinajstić information content (AvgIpc) is 2.85. The number of aromatic nitrogens is 3. The third-order valence-electron chi connectivity index (χ3n) is 2.84. The second kappa shape index (κ2) is 4.28. The van der Waals surface area contributed by atoms with Crippen molar-refractivity contribution in [2.24, 2.45) is 6.98 Å². The molecule has 0 unspecified atom stereocenters. The molecule has 1 aromatic heterocycles. The minimum absolute atomic E-state index is 0.432. The maximum Gasteiger partial charge on any atom is 0.130 e. The van der Waals surface area contributed by atoms with Crippen LogP contribution in [0.25, 0.3) is 11.0 Å². The van der Waals surface area contributed by atoms with E-state index in [1.54, 1.807) is 30.3 Å². The quantitative estimate of drug-likeness (QED) is 0.717. The van der Waals surface area contributed by atoms with E-state index in [4.69, 9.17) is 14.6 Å². The number of nitrogens with two attached hydrogens (primary N) is 1. The van der Waals surface area contributed by atoms with Crippen molar-refractivity contribution in [2.75, 3.05) is 5.73 Å². The number of benzene rings is 2. The van der Waals surface area contributed by atoms with E-state index < -0.39 is 6.98 Å². The number of hydrogen-bond donors (Lipinski definition) is 1. The van der Waals surface area contributed by atoms with E-state index in [9.17, 15) is 0 Å². The van der Waals surface area contributed by atoms with Gasteiger partial charge in [-0.3, -0.25) is 0 Å². The SMILES string of the molecule is [2H]C([2H])([2H])n1nnc2cc(Oc3ccc(N)cc3C)ccc21. The second-order valence-corrected chi connectivity index (χ2v) is 4.28. The number of nitrogens with zero attached hydrogens (tertiary/aromatic N) is 3. The summed E-state index contributed by atoms with van der Waals surface area (Å²) in [6.45, 7) is -0.459. The minimum atomic E-state index is -2.36. The van der Waals surface area contributed by atoms with Crippen molar-refractivity contribution in [3.05, 3.63) is 42.0 Å². The summed E-state index contributed by atoms with van der Waals surface area (Å²) in [5.41, 5.74) is 8.18.